The summed E-state index contributed by atoms with van der Waals surface area (Å²) in [6.07, 6.45) is -2.09. The first kappa shape index (κ1) is 14.2. The molecular weight excluding hydrogens is 275 g/mol. The van der Waals surface area contributed by atoms with E-state index in [9.17, 15) is 14.3 Å². The summed E-state index contributed by atoms with van der Waals surface area (Å²) >= 11 is 0. The van der Waals surface area contributed by atoms with Crippen molar-refractivity contribution in [1.82, 2.24) is 0 Å². The molecule has 1 aliphatic heterocycles. The van der Waals surface area contributed by atoms with Crippen LogP contribution in [0.25, 0.3) is 0 Å². The minimum absolute atomic E-state index is 0.0339. The van der Waals surface area contributed by atoms with E-state index < -0.39 is 29.9 Å². The second-order valence-corrected chi connectivity index (χ2v) is 5.55. The molecule has 1 aromatic rings. The summed E-state index contributed by atoms with van der Waals surface area (Å²) in [4.78, 5) is 11.8. The van der Waals surface area contributed by atoms with Crippen molar-refractivity contribution in [3.05, 3.63) is 48.0 Å². The molecular formula is C16H17FO4. The molecule has 1 saturated heterocycles. The fourth-order valence-corrected chi connectivity index (χ4v) is 2.87. The number of aliphatic hydroxyl groups is 1. The van der Waals surface area contributed by atoms with Crippen LogP contribution in [0.3, 0.4) is 0 Å². The number of carbonyl (C=O) groups excluding carboxylic acids is 1. The van der Waals surface area contributed by atoms with E-state index in [1.807, 2.05) is 6.07 Å². The van der Waals surface area contributed by atoms with E-state index in [2.05, 4.69) is 6.58 Å². The number of ether oxygens (including phenoxy) is 2. The van der Waals surface area contributed by atoms with E-state index in [1.165, 1.54) is 0 Å². The SMILES string of the molecule is C=C1[C@@H](F)C[C@H](O)C[C@]12O[C@@H]2COC(=O)c1ccccc1. The number of rotatable bonds is 3. The fourth-order valence-electron chi connectivity index (χ4n) is 2.87. The second-order valence-electron chi connectivity index (χ2n) is 5.55. The Labute approximate surface area is 122 Å². The highest BCUT2D eigenvalue weighted by Gasteiger charge is 2.63. The number of aliphatic hydroxyl groups excluding tert-OH is 1. The molecule has 4 atom stereocenters. The third-order valence-corrected chi connectivity index (χ3v) is 4.13. The molecule has 0 bridgehead atoms. The molecule has 2 aliphatic rings. The van der Waals surface area contributed by atoms with Gasteiger partial charge in [0.2, 0.25) is 0 Å². The number of carbonyl (C=O) groups is 1. The molecule has 1 saturated carbocycles. The maximum atomic E-state index is 13.8. The number of esters is 1. The largest absolute Gasteiger partial charge is 0.459 e. The number of hydrogen-bond donors (Lipinski definition) is 1. The van der Waals surface area contributed by atoms with E-state index in [0.29, 0.717) is 17.6 Å². The van der Waals surface area contributed by atoms with E-state index >= 15 is 0 Å². The van der Waals surface area contributed by atoms with Crippen LogP contribution in [0.2, 0.25) is 0 Å². The molecule has 5 heteroatoms. The Kier molecular flexibility index (Phi) is 3.55. The van der Waals surface area contributed by atoms with Gasteiger partial charge in [-0.3, -0.25) is 0 Å². The van der Waals surface area contributed by atoms with Crippen molar-refractivity contribution in [1.29, 1.82) is 0 Å². The third kappa shape index (κ3) is 2.59. The number of hydrogen-bond acceptors (Lipinski definition) is 4. The van der Waals surface area contributed by atoms with Crippen LogP contribution in [0.1, 0.15) is 23.2 Å². The predicted octanol–water partition coefficient (Wildman–Crippen LogP) is 2.03. The van der Waals surface area contributed by atoms with Gasteiger partial charge >= 0.3 is 5.97 Å². The molecule has 0 amide bonds. The van der Waals surface area contributed by atoms with E-state index in [-0.39, 0.29) is 13.0 Å². The normalized spacial score (nSPS) is 34.8. The van der Waals surface area contributed by atoms with Crippen molar-refractivity contribution < 1.29 is 23.8 Å². The minimum atomic E-state index is -1.27. The Bertz CT molecular complexity index is 559. The lowest BCUT2D eigenvalue weighted by molar-refractivity contribution is 0.0476. The minimum Gasteiger partial charge on any atom is -0.459 e. The van der Waals surface area contributed by atoms with Crippen molar-refractivity contribution in [3.63, 3.8) is 0 Å². The summed E-state index contributed by atoms with van der Waals surface area (Å²) in [5, 5.41) is 9.68. The van der Waals surface area contributed by atoms with Gasteiger partial charge in [-0.15, -0.1) is 0 Å². The molecule has 4 nitrogen and oxygen atoms in total. The maximum Gasteiger partial charge on any atom is 0.338 e. The smallest absolute Gasteiger partial charge is 0.338 e. The van der Waals surface area contributed by atoms with Crippen LogP contribution in [0.4, 0.5) is 4.39 Å². The maximum absolute atomic E-state index is 13.8. The monoisotopic (exact) mass is 292 g/mol. The molecule has 0 radical (unpaired) electrons. The van der Waals surface area contributed by atoms with Crippen LogP contribution in [0, 0.1) is 0 Å². The Morgan fingerprint density at radius 1 is 1.48 bits per heavy atom. The predicted molar refractivity (Wildman–Crippen MR) is 73.6 cm³/mol. The van der Waals surface area contributed by atoms with E-state index in [1.54, 1.807) is 24.3 Å². The van der Waals surface area contributed by atoms with Crippen LogP contribution in [-0.2, 0) is 9.47 Å². The first-order valence-corrected chi connectivity index (χ1v) is 6.94. The quantitative estimate of drug-likeness (QED) is 0.526. The molecule has 3 rings (SSSR count). The molecule has 0 aromatic heterocycles. The van der Waals surface area contributed by atoms with Gasteiger partial charge in [0.1, 0.15) is 24.5 Å². The van der Waals surface area contributed by atoms with E-state index in [0.717, 1.165) is 0 Å². The van der Waals surface area contributed by atoms with Crippen LogP contribution < -0.4 is 0 Å². The zero-order valence-corrected chi connectivity index (χ0v) is 11.5. The highest BCUT2D eigenvalue weighted by molar-refractivity contribution is 5.89. The number of benzene rings is 1. The van der Waals surface area contributed by atoms with Gasteiger partial charge in [0.25, 0.3) is 0 Å². The van der Waals surface area contributed by atoms with Gasteiger partial charge in [-0.05, 0) is 17.7 Å². The lowest BCUT2D eigenvalue weighted by Crippen LogP contribution is -2.38. The Morgan fingerprint density at radius 3 is 2.90 bits per heavy atom. The molecule has 112 valence electrons. The standard InChI is InChI=1S/C16H17FO4/c1-10-13(17)7-12(18)8-16(10)14(21-16)9-20-15(19)11-5-3-2-4-6-11/h2-6,12-14,18H,1,7-9H2/t12-,13-,14+,16-/m0/s1. The molecule has 0 unspecified atom stereocenters. The first-order valence-electron chi connectivity index (χ1n) is 6.94. The van der Waals surface area contributed by atoms with Crippen LogP contribution in [0.15, 0.2) is 42.5 Å². The zero-order valence-electron chi connectivity index (χ0n) is 11.5. The van der Waals surface area contributed by atoms with Crippen molar-refractivity contribution in [2.75, 3.05) is 6.61 Å². The van der Waals surface area contributed by atoms with Crippen molar-refractivity contribution in [3.8, 4) is 0 Å². The summed E-state index contributed by atoms with van der Waals surface area (Å²) in [7, 11) is 0. The second kappa shape index (κ2) is 5.24. The molecule has 21 heavy (non-hydrogen) atoms. The third-order valence-electron chi connectivity index (χ3n) is 4.13. The Balaban J connectivity index is 1.59. The Hall–Kier alpha value is -1.72. The molecule has 1 N–H and O–H groups in total. The average Bonchev–Trinajstić information content (AvgIpc) is 3.16. The zero-order chi connectivity index (χ0) is 15.0. The lowest BCUT2D eigenvalue weighted by atomic mass is 9.80. The topological polar surface area (TPSA) is 59.1 Å². The summed E-state index contributed by atoms with van der Waals surface area (Å²) in [6.45, 7) is 3.76. The molecule has 1 aliphatic carbocycles. The van der Waals surface area contributed by atoms with Crippen molar-refractivity contribution >= 4 is 5.97 Å². The van der Waals surface area contributed by atoms with Gasteiger partial charge < -0.3 is 14.6 Å². The van der Waals surface area contributed by atoms with Crippen LogP contribution in [0.5, 0.6) is 0 Å². The molecule has 1 spiro atoms. The first-order chi connectivity index (χ1) is 10.0. The van der Waals surface area contributed by atoms with Gasteiger partial charge in [0.05, 0.1) is 11.7 Å². The Morgan fingerprint density at radius 2 is 2.19 bits per heavy atom. The van der Waals surface area contributed by atoms with Crippen LogP contribution >= 0.6 is 0 Å². The highest BCUT2D eigenvalue weighted by atomic mass is 19.1. The average molecular weight is 292 g/mol. The van der Waals surface area contributed by atoms with Crippen LogP contribution in [-0.4, -0.2) is 41.7 Å². The van der Waals surface area contributed by atoms with Crippen molar-refractivity contribution in [2.45, 2.75) is 36.8 Å². The van der Waals surface area contributed by atoms with Gasteiger partial charge in [-0.25, -0.2) is 9.18 Å². The number of halogens is 1. The fraction of sp³-hybridized carbons (Fsp3) is 0.438. The summed E-state index contributed by atoms with van der Waals surface area (Å²) in [5.74, 6) is -0.444. The highest BCUT2D eigenvalue weighted by Crippen LogP contribution is 2.51. The number of alkyl halides is 1. The van der Waals surface area contributed by atoms with Crippen molar-refractivity contribution in [2.24, 2.45) is 0 Å². The summed E-state index contributed by atoms with van der Waals surface area (Å²) in [6, 6.07) is 8.63. The summed E-state index contributed by atoms with van der Waals surface area (Å²) in [5.41, 5.74) is -0.0692. The van der Waals surface area contributed by atoms with Gasteiger partial charge in [-0.2, -0.15) is 0 Å². The lowest BCUT2D eigenvalue weighted by Gasteiger charge is -2.29. The van der Waals surface area contributed by atoms with Gasteiger partial charge in [-0.1, -0.05) is 24.8 Å². The molecule has 2 fully saturated rings. The van der Waals surface area contributed by atoms with Gasteiger partial charge in [0.15, 0.2) is 0 Å². The van der Waals surface area contributed by atoms with E-state index in [4.69, 9.17) is 9.47 Å². The summed E-state index contributed by atoms with van der Waals surface area (Å²) < 4.78 is 24.5. The number of epoxide rings is 1. The molecule has 1 aromatic carbocycles. The van der Waals surface area contributed by atoms with Gasteiger partial charge in [0, 0.05) is 12.8 Å². The molecule has 1 heterocycles.